The lowest BCUT2D eigenvalue weighted by atomic mass is 9.36. The summed E-state index contributed by atoms with van der Waals surface area (Å²) in [4.78, 5) is 0. The molecule has 1 nitrogen and oxygen atoms in total. The Bertz CT molecular complexity index is 1910. The lowest BCUT2D eigenvalue weighted by Crippen LogP contribution is -2.51. The van der Waals surface area contributed by atoms with Gasteiger partial charge in [-0.1, -0.05) is 126 Å². The Balaban J connectivity index is 1.53. The highest BCUT2D eigenvalue weighted by Crippen LogP contribution is 2.44. The number of hydrogen-bond donors (Lipinski definition) is 0. The molecule has 0 saturated carbocycles. The molecule has 0 fully saturated rings. The molecule has 1 aliphatic rings. The summed E-state index contributed by atoms with van der Waals surface area (Å²) >= 11 is 0. The third-order valence-electron chi connectivity index (χ3n) is 7.74. The van der Waals surface area contributed by atoms with Crippen LogP contribution in [0.25, 0.3) is 43.4 Å². The summed E-state index contributed by atoms with van der Waals surface area (Å²) in [6.45, 7) is 0.0989. The van der Waals surface area contributed by atoms with Crippen LogP contribution in [0, 0.1) is 0 Å². The van der Waals surface area contributed by atoms with Crippen molar-refractivity contribution in [2.24, 2.45) is 0 Å². The van der Waals surface area contributed by atoms with Crippen molar-refractivity contribution < 1.29 is 4.74 Å². The maximum absolute atomic E-state index is 6.74. The molecular weight excluding hydrogens is 435 g/mol. The summed E-state index contributed by atoms with van der Waals surface area (Å²) in [5, 5.41) is 7.58. The largest absolute Gasteiger partial charge is 0.457 e. The van der Waals surface area contributed by atoms with Crippen molar-refractivity contribution in [2.75, 3.05) is 0 Å². The van der Waals surface area contributed by atoms with Crippen LogP contribution in [0.3, 0.4) is 0 Å². The van der Waals surface area contributed by atoms with Crippen molar-refractivity contribution in [1.82, 2.24) is 0 Å². The van der Waals surface area contributed by atoms with Crippen molar-refractivity contribution in [3.63, 3.8) is 0 Å². The van der Waals surface area contributed by atoms with Crippen LogP contribution in [0.2, 0.25) is 0 Å². The fourth-order valence-corrected chi connectivity index (χ4v) is 6.20. The van der Waals surface area contributed by atoms with Crippen LogP contribution in [0.1, 0.15) is 0 Å². The molecular formula is C34H21BO. The Morgan fingerprint density at radius 1 is 0.472 bits per heavy atom. The molecule has 0 saturated heterocycles. The average molecular weight is 456 g/mol. The molecule has 2 heteroatoms. The Hall–Kier alpha value is -4.56. The molecule has 36 heavy (non-hydrogen) atoms. The number of hydrogen-bond acceptors (Lipinski definition) is 1. The molecule has 0 unspecified atom stereocenters. The van der Waals surface area contributed by atoms with E-state index in [0.717, 1.165) is 11.5 Å². The first kappa shape index (κ1) is 19.7. The molecule has 1 aliphatic heterocycles. The molecule has 0 aliphatic carbocycles. The third kappa shape index (κ3) is 2.73. The van der Waals surface area contributed by atoms with Gasteiger partial charge in [0, 0.05) is 10.8 Å². The second kappa shape index (κ2) is 7.47. The Kier molecular flexibility index (Phi) is 4.09. The molecule has 1 heterocycles. The molecule has 0 N–H and O–H groups in total. The van der Waals surface area contributed by atoms with E-state index in [1.165, 1.54) is 59.8 Å². The number of rotatable bonds is 2. The normalized spacial score (nSPS) is 12.6. The predicted molar refractivity (Wildman–Crippen MR) is 153 cm³/mol. The van der Waals surface area contributed by atoms with Gasteiger partial charge in [0.05, 0.1) is 0 Å². The molecule has 166 valence electrons. The van der Waals surface area contributed by atoms with Crippen molar-refractivity contribution in [3.05, 3.63) is 127 Å². The molecule has 0 aromatic heterocycles. The van der Waals surface area contributed by atoms with Crippen LogP contribution in [0.4, 0.5) is 0 Å². The average Bonchev–Trinajstić information content (AvgIpc) is 3.08. The highest BCUT2D eigenvalue weighted by atomic mass is 16.5. The van der Waals surface area contributed by atoms with E-state index in [-0.39, 0.29) is 6.71 Å². The third-order valence-corrected chi connectivity index (χ3v) is 7.74. The second-order valence-electron chi connectivity index (χ2n) is 9.68. The highest BCUT2D eigenvalue weighted by Gasteiger charge is 2.32. The summed E-state index contributed by atoms with van der Waals surface area (Å²) in [5.41, 5.74) is 6.29. The lowest BCUT2D eigenvalue weighted by Gasteiger charge is -2.19. The van der Waals surface area contributed by atoms with Gasteiger partial charge in [-0.2, -0.15) is 0 Å². The minimum Gasteiger partial charge on any atom is -0.457 e. The molecule has 8 rings (SSSR count). The zero-order valence-corrected chi connectivity index (χ0v) is 19.6. The van der Waals surface area contributed by atoms with Gasteiger partial charge < -0.3 is 4.74 Å². The topological polar surface area (TPSA) is 9.23 Å². The molecule has 0 spiro atoms. The first-order valence-electron chi connectivity index (χ1n) is 12.5. The SMILES string of the molecule is c1ccc(B2c3ccccc3Oc3cc4ccc(-c5ccccc5)c5ccc6ccc2c3c6c45)cc1. The monoisotopic (exact) mass is 456 g/mol. The molecule has 7 aromatic rings. The molecule has 7 aromatic carbocycles. The standard InChI is InChI=1S/C34H21BO/c1-3-9-22(10-4-1)26-18-16-24-21-31-34-29(20-17-23-15-19-27(26)32(24)33(23)34)35(25-11-5-2-6-12-25)28-13-7-8-14-30(28)36-31/h1-21H. The Morgan fingerprint density at radius 2 is 1.19 bits per heavy atom. The quantitative estimate of drug-likeness (QED) is 0.204. The van der Waals surface area contributed by atoms with Gasteiger partial charge >= 0.3 is 0 Å². The molecule has 0 radical (unpaired) electrons. The Labute approximate surface area is 210 Å². The van der Waals surface area contributed by atoms with E-state index in [1.54, 1.807) is 0 Å². The van der Waals surface area contributed by atoms with Gasteiger partial charge in [0.15, 0.2) is 0 Å². The summed E-state index contributed by atoms with van der Waals surface area (Å²) in [7, 11) is 0. The van der Waals surface area contributed by atoms with Crippen LogP contribution >= 0.6 is 0 Å². The highest BCUT2D eigenvalue weighted by molar-refractivity contribution is 6.97. The van der Waals surface area contributed by atoms with Crippen LogP contribution in [-0.4, -0.2) is 6.71 Å². The van der Waals surface area contributed by atoms with E-state index in [4.69, 9.17) is 4.74 Å². The maximum Gasteiger partial charge on any atom is 0.247 e. The first-order chi connectivity index (χ1) is 17.9. The number of ether oxygens (including phenoxy) is 1. The zero-order chi connectivity index (χ0) is 23.6. The summed E-state index contributed by atoms with van der Waals surface area (Å²) in [5.74, 6) is 1.87. The second-order valence-corrected chi connectivity index (χ2v) is 9.68. The van der Waals surface area contributed by atoms with Crippen molar-refractivity contribution in [1.29, 1.82) is 0 Å². The van der Waals surface area contributed by atoms with Crippen molar-refractivity contribution in [2.45, 2.75) is 0 Å². The van der Waals surface area contributed by atoms with E-state index in [2.05, 4.69) is 127 Å². The van der Waals surface area contributed by atoms with Crippen molar-refractivity contribution >= 4 is 55.4 Å². The van der Waals surface area contributed by atoms with Gasteiger partial charge in [-0.05, 0) is 50.3 Å². The van der Waals surface area contributed by atoms with Gasteiger partial charge in [0.1, 0.15) is 11.5 Å². The predicted octanol–water partition coefficient (Wildman–Crippen LogP) is 6.87. The van der Waals surface area contributed by atoms with Gasteiger partial charge in [0.2, 0.25) is 6.71 Å². The van der Waals surface area contributed by atoms with E-state index in [0.29, 0.717) is 0 Å². The van der Waals surface area contributed by atoms with E-state index >= 15 is 0 Å². The minimum atomic E-state index is 0.0989. The fraction of sp³-hybridized carbons (Fsp3) is 0. The maximum atomic E-state index is 6.74. The van der Waals surface area contributed by atoms with Gasteiger partial charge in [-0.15, -0.1) is 0 Å². The minimum absolute atomic E-state index is 0.0989. The van der Waals surface area contributed by atoms with Crippen LogP contribution in [-0.2, 0) is 0 Å². The van der Waals surface area contributed by atoms with Gasteiger partial charge in [-0.3, -0.25) is 0 Å². The van der Waals surface area contributed by atoms with Gasteiger partial charge in [-0.25, -0.2) is 0 Å². The Morgan fingerprint density at radius 3 is 2.06 bits per heavy atom. The van der Waals surface area contributed by atoms with E-state index in [1.807, 2.05) is 0 Å². The van der Waals surface area contributed by atoms with E-state index < -0.39 is 0 Å². The first-order valence-corrected chi connectivity index (χ1v) is 12.5. The van der Waals surface area contributed by atoms with Gasteiger partial charge in [0.25, 0.3) is 0 Å². The lowest BCUT2D eigenvalue weighted by molar-refractivity contribution is 0.493. The number of para-hydroxylation sites is 1. The summed E-state index contributed by atoms with van der Waals surface area (Å²) in [6, 6.07) is 45.9. The molecule has 0 amide bonds. The zero-order valence-electron chi connectivity index (χ0n) is 19.6. The van der Waals surface area contributed by atoms with Crippen LogP contribution < -0.4 is 21.1 Å². The molecule has 0 atom stereocenters. The number of benzene rings is 7. The fourth-order valence-electron chi connectivity index (χ4n) is 6.20. The smallest absolute Gasteiger partial charge is 0.247 e. The summed E-state index contributed by atoms with van der Waals surface area (Å²) < 4.78 is 6.74. The molecule has 0 bridgehead atoms. The van der Waals surface area contributed by atoms with Crippen LogP contribution in [0.15, 0.2) is 127 Å². The van der Waals surface area contributed by atoms with Crippen LogP contribution in [0.5, 0.6) is 11.5 Å². The summed E-state index contributed by atoms with van der Waals surface area (Å²) in [6.07, 6.45) is 0. The van der Waals surface area contributed by atoms with Crippen molar-refractivity contribution in [3.8, 4) is 22.6 Å². The van der Waals surface area contributed by atoms with E-state index in [9.17, 15) is 0 Å². The number of fused-ring (bicyclic) bond motifs is 1.